The second-order valence-electron chi connectivity index (χ2n) is 3.87. The molecule has 1 aromatic heterocycles. The summed E-state index contributed by atoms with van der Waals surface area (Å²) in [5.74, 6) is 7.87. The van der Waals surface area contributed by atoms with Gasteiger partial charge in [-0.25, -0.2) is 10.8 Å². The van der Waals surface area contributed by atoms with Crippen LogP contribution in [-0.4, -0.2) is 9.97 Å². The zero-order valence-corrected chi connectivity index (χ0v) is 10.5. The lowest BCUT2D eigenvalue weighted by Gasteiger charge is -2.09. The van der Waals surface area contributed by atoms with Gasteiger partial charge >= 0.3 is 0 Å². The van der Waals surface area contributed by atoms with E-state index >= 15 is 0 Å². The Bertz CT molecular complexity index is 520. The van der Waals surface area contributed by atoms with E-state index in [0.717, 1.165) is 17.7 Å². The maximum absolute atomic E-state index is 5.75. The van der Waals surface area contributed by atoms with Crippen LogP contribution in [0.5, 0.6) is 11.6 Å². The van der Waals surface area contributed by atoms with Crippen molar-refractivity contribution >= 4 is 5.82 Å². The summed E-state index contributed by atoms with van der Waals surface area (Å²) < 4.78 is 5.75. The fourth-order valence-electron chi connectivity index (χ4n) is 1.54. The first kappa shape index (κ1) is 12.3. The number of hydrazine groups is 1. The van der Waals surface area contributed by atoms with Crippen molar-refractivity contribution in [3.63, 3.8) is 0 Å². The normalized spacial score (nSPS) is 10.2. The van der Waals surface area contributed by atoms with Gasteiger partial charge in [0.1, 0.15) is 17.4 Å². The molecule has 0 aliphatic carbocycles. The van der Waals surface area contributed by atoms with E-state index in [9.17, 15) is 0 Å². The summed E-state index contributed by atoms with van der Waals surface area (Å²) in [6.45, 7) is 3.96. The monoisotopic (exact) mass is 244 g/mol. The third-order valence-electron chi connectivity index (χ3n) is 2.52. The highest BCUT2D eigenvalue weighted by atomic mass is 16.5. The molecule has 0 spiro atoms. The summed E-state index contributed by atoms with van der Waals surface area (Å²) in [5, 5.41) is 0. The Morgan fingerprint density at radius 3 is 2.72 bits per heavy atom. The third kappa shape index (κ3) is 2.75. The Kier molecular flexibility index (Phi) is 3.74. The number of para-hydroxylation sites is 1. The van der Waals surface area contributed by atoms with Crippen molar-refractivity contribution in [1.29, 1.82) is 0 Å². The molecule has 5 nitrogen and oxygen atoms in total. The molecule has 0 unspecified atom stereocenters. The van der Waals surface area contributed by atoms with Gasteiger partial charge in [-0.15, -0.1) is 0 Å². The topological polar surface area (TPSA) is 73.1 Å². The van der Waals surface area contributed by atoms with Gasteiger partial charge in [-0.05, 0) is 18.6 Å². The smallest absolute Gasteiger partial charge is 0.224 e. The number of nitrogens with two attached hydrogens (primary N) is 1. The fraction of sp³-hybridized carbons (Fsp3) is 0.231. The molecule has 3 N–H and O–H groups in total. The van der Waals surface area contributed by atoms with Crippen LogP contribution in [0.2, 0.25) is 0 Å². The van der Waals surface area contributed by atoms with E-state index in [2.05, 4.69) is 15.4 Å². The fourth-order valence-corrected chi connectivity index (χ4v) is 1.54. The molecule has 18 heavy (non-hydrogen) atoms. The number of nitrogens with one attached hydrogen (secondary N) is 1. The number of benzene rings is 1. The van der Waals surface area contributed by atoms with E-state index in [1.807, 2.05) is 38.1 Å². The molecule has 0 saturated heterocycles. The van der Waals surface area contributed by atoms with E-state index in [1.165, 1.54) is 0 Å². The van der Waals surface area contributed by atoms with Crippen LogP contribution in [0.4, 0.5) is 5.82 Å². The largest absolute Gasteiger partial charge is 0.439 e. The van der Waals surface area contributed by atoms with Gasteiger partial charge in [0.05, 0.1) is 0 Å². The van der Waals surface area contributed by atoms with E-state index < -0.39 is 0 Å². The minimum Gasteiger partial charge on any atom is -0.439 e. The summed E-state index contributed by atoms with van der Waals surface area (Å²) in [6.07, 6.45) is 0.722. The van der Waals surface area contributed by atoms with Crippen LogP contribution in [0.25, 0.3) is 0 Å². The number of anilines is 1. The molecule has 0 radical (unpaired) electrons. The average Bonchev–Trinajstić information content (AvgIpc) is 2.41. The minimum absolute atomic E-state index is 0.490. The highest BCUT2D eigenvalue weighted by Gasteiger charge is 2.06. The molecule has 2 rings (SSSR count). The standard InChI is InChI=1S/C13H16N4O/c1-3-11-15-12(17-14)8-13(16-11)18-10-7-5-4-6-9(10)2/h4-8H,3,14H2,1-2H3,(H,15,16,17). The third-order valence-corrected chi connectivity index (χ3v) is 2.52. The molecule has 0 fully saturated rings. The summed E-state index contributed by atoms with van der Waals surface area (Å²) in [7, 11) is 0. The Labute approximate surface area is 106 Å². The molecule has 0 bridgehead atoms. The maximum Gasteiger partial charge on any atom is 0.224 e. The number of hydrogen-bond acceptors (Lipinski definition) is 5. The van der Waals surface area contributed by atoms with Crippen molar-refractivity contribution < 1.29 is 4.74 Å². The van der Waals surface area contributed by atoms with E-state index in [1.54, 1.807) is 6.07 Å². The number of aryl methyl sites for hydroxylation is 2. The molecule has 0 amide bonds. The molecule has 5 heteroatoms. The lowest BCUT2D eigenvalue weighted by atomic mass is 10.2. The summed E-state index contributed by atoms with van der Waals surface area (Å²) in [4.78, 5) is 8.51. The molecular formula is C13H16N4O. The molecule has 2 aromatic rings. The first-order chi connectivity index (χ1) is 8.72. The second kappa shape index (κ2) is 5.46. The Morgan fingerprint density at radius 2 is 2.06 bits per heavy atom. The number of nitrogen functional groups attached to an aromatic ring is 1. The molecule has 1 aromatic carbocycles. The van der Waals surface area contributed by atoms with Crippen molar-refractivity contribution in [3.8, 4) is 11.6 Å². The van der Waals surface area contributed by atoms with Crippen molar-refractivity contribution in [3.05, 3.63) is 41.7 Å². The predicted octanol–water partition coefficient (Wildman–Crippen LogP) is 2.43. The van der Waals surface area contributed by atoms with Crippen molar-refractivity contribution in [2.45, 2.75) is 20.3 Å². The quantitative estimate of drug-likeness (QED) is 0.638. The Balaban J connectivity index is 2.31. The van der Waals surface area contributed by atoms with Crippen LogP contribution in [0.1, 0.15) is 18.3 Å². The van der Waals surface area contributed by atoms with Crippen molar-refractivity contribution in [1.82, 2.24) is 9.97 Å². The summed E-state index contributed by atoms with van der Waals surface area (Å²) in [6, 6.07) is 9.45. The molecule has 1 heterocycles. The summed E-state index contributed by atoms with van der Waals surface area (Å²) >= 11 is 0. The maximum atomic E-state index is 5.75. The highest BCUT2D eigenvalue weighted by molar-refractivity contribution is 5.40. The van der Waals surface area contributed by atoms with Crippen molar-refractivity contribution in [2.24, 2.45) is 5.84 Å². The van der Waals surface area contributed by atoms with Crippen molar-refractivity contribution in [2.75, 3.05) is 5.43 Å². The number of hydrogen-bond donors (Lipinski definition) is 2. The van der Waals surface area contributed by atoms with Gasteiger partial charge in [-0.3, -0.25) is 0 Å². The number of aromatic nitrogens is 2. The molecule has 0 aliphatic rings. The first-order valence-electron chi connectivity index (χ1n) is 5.81. The van der Waals surface area contributed by atoms with Gasteiger partial charge in [0, 0.05) is 12.5 Å². The molecule has 0 aliphatic heterocycles. The number of ether oxygens (including phenoxy) is 1. The SMILES string of the molecule is CCc1nc(NN)cc(Oc2ccccc2C)n1. The van der Waals surface area contributed by atoms with Gasteiger partial charge < -0.3 is 10.2 Å². The Hall–Kier alpha value is -2.14. The van der Waals surface area contributed by atoms with Crippen LogP contribution in [0.3, 0.4) is 0 Å². The average molecular weight is 244 g/mol. The molecule has 0 atom stereocenters. The zero-order valence-electron chi connectivity index (χ0n) is 10.5. The van der Waals surface area contributed by atoms with Gasteiger partial charge in [-0.1, -0.05) is 25.1 Å². The van der Waals surface area contributed by atoms with Gasteiger partial charge in [0.2, 0.25) is 5.88 Å². The molecule has 0 saturated carbocycles. The van der Waals surface area contributed by atoms with Gasteiger partial charge in [0.15, 0.2) is 0 Å². The number of rotatable bonds is 4. The highest BCUT2D eigenvalue weighted by Crippen LogP contribution is 2.24. The Morgan fingerprint density at radius 1 is 1.28 bits per heavy atom. The lowest BCUT2D eigenvalue weighted by molar-refractivity contribution is 0.456. The van der Waals surface area contributed by atoms with Crippen LogP contribution in [0.15, 0.2) is 30.3 Å². The number of nitrogens with zero attached hydrogens (tertiary/aromatic N) is 2. The molecule has 94 valence electrons. The summed E-state index contributed by atoms with van der Waals surface area (Å²) in [5.41, 5.74) is 3.56. The van der Waals surface area contributed by atoms with Gasteiger partial charge in [0.25, 0.3) is 0 Å². The first-order valence-corrected chi connectivity index (χ1v) is 5.81. The minimum atomic E-state index is 0.490. The lowest BCUT2D eigenvalue weighted by Crippen LogP contribution is -2.10. The van der Waals surface area contributed by atoms with Crippen LogP contribution in [-0.2, 0) is 6.42 Å². The molecular weight excluding hydrogens is 228 g/mol. The van der Waals surface area contributed by atoms with Crippen LogP contribution < -0.4 is 16.0 Å². The van der Waals surface area contributed by atoms with E-state index in [-0.39, 0.29) is 0 Å². The van der Waals surface area contributed by atoms with E-state index in [0.29, 0.717) is 17.5 Å². The van der Waals surface area contributed by atoms with Crippen LogP contribution in [0, 0.1) is 6.92 Å². The zero-order chi connectivity index (χ0) is 13.0. The van der Waals surface area contributed by atoms with Gasteiger partial charge in [-0.2, -0.15) is 4.98 Å². The van der Waals surface area contributed by atoms with E-state index in [4.69, 9.17) is 10.6 Å². The second-order valence-corrected chi connectivity index (χ2v) is 3.87. The van der Waals surface area contributed by atoms with Crippen LogP contribution >= 0.6 is 0 Å². The predicted molar refractivity (Wildman–Crippen MR) is 70.5 cm³/mol.